The molecule has 0 aliphatic heterocycles. The van der Waals surface area contributed by atoms with Crippen LogP contribution in [0.5, 0.6) is 0 Å². The number of amides is 1. The first-order valence-electron chi connectivity index (χ1n) is 5.88. The number of carbonyl (C=O) groups is 1. The third-order valence-electron chi connectivity index (χ3n) is 2.29. The van der Waals surface area contributed by atoms with Crippen molar-refractivity contribution in [3.05, 3.63) is 35.0 Å². The minimum absolute atomic E-state index is 0.0882. The summed E-state index contributed by atoms with van der Waals surface area (Å²) >= 11 is 1.71. The summed E-state index contributed by atoms with van der Waals surface area (Å²) in [5.74, 6) is 0.0882. The standard InChI is InChI=1S/C13H20N2OS/c1-3-7-14-13(16)11-15(8-4-2)10-12-6-5-9-17-12/h4-6,9H,2-3,7-8,10-11H2,1H3,(H,14,16). The van der Waals surface area contributed by atoms with Crippen LogP contribution in [0.15, 0.2) is 30.2 Å². The normalized spacial score (nSPS) is 10.5. The Hall–Kier alpha value is -1.13. The van der Waals surface area contributed by atoms with Crippen LogP contribution in [-0.4, -0.2) is 30.4 Å². The number of hydrogen-bond acceptors (Lipinski definition) is 3. The molecular formula is C13H20N2OS. The Balaban J connectivity index is 2.42. The lowest BCUT2D eigenvalue weighted by Gasteiger charge is -2.19. The summed E-state index contributed by atoms with van der Waals surface area (Å²) in [6, 6.07) is 4.12. The predicted molar refractivity (Wildman–Crippen MR) is 73.1 cm³/mol. The highest BCUT2D eigenvalue weighted by Gasteiger charge is 2.09. The largest absolute Gasteiger partial charge is 0.355 e. The minimum atomic E-state index is 0.0882. The number of rotatable bonds is 8. The number of nitrogens with one attached hydrogen (secondary N) is 1. The molecule has 0 aliphatic carbocycles. The van der Waals surface area contributed by atoms with E-state index in [9.17, 15) is 4.79 Å². The van der Waals surface area contributed by atoms with E-state index in [4.69, 9.17) is 0 Å². The maximum atomic E-state index is 11.6. The van der Waals surface area contributed by atoms with E-state index in [1.54, 1.807) is 11.3 Å². The van der Waals surface area contributed by atoms with Crippen molar-refractivity contribution in [3.63, 3.8) is 0 Å². The zero-order valence-electron chi connectivity index (χ0n) is 10.3. The fourth-order valence-corrected chi connectivity index (χ4v) is 2.26. The average Bonchev–Trinajstić information content (AvgIpc) is 2.79. The summed E-state index contributed by atoms with van der Waals surface area (Å²) in [6.07, 6.45) is 2.80. The molecule has 4 heteroatoms. The van der Waals surface area contributed by atoms with Crippen molar-refractivity contribution in [2.75, 3.05) is 19.6 Å². The van der Waals surface area contributed by atoms with Gasteiger partial charge in [-0.05, 0) is 17.9 Å². The lowest BCUT2D eigenvalue weighted by Crippen LogP contribution is -2.37. The van der Waals surface area contributed by atoms with Gasteiger partial charge in [0.05, 0.1) is 6.54 Å². The monoisotopic (exact) mass is 252 g/mol. The molecule has 1 amide bonds. The number of carbonyl (C=O) groups excluding carboxylic acids is 1. The minimum Gasteiger partial charge on any atom is -0.355 e. The Labute approximate surface area is 107 Å². The molecule has 1 aromatic rings. The van der Waals surface area contributed by atoms with Crippen LogP contribution in [0.25, 0.3) is 0 Å². The summed E-state index contributed by atoms with van der Waals surface area (Å²) in [5.41, 5.74) is 0. The van der Waals surface area contributed by atoms with E-state index in [0.717, 1.165) is 26.1 Å². The highest BCUT2D eigenvalue weighted by Crippen LogP contribution is 2.11. The van der Waals surface area contributed by atoms with Crippen LogP contribution in [0.4, 0.5) is 0 Å². The molecule has 0 unspecified atom stereocenters. The molecule has 0 aromatic carbocycles. The van der Waals surface area contributed by atoms with Gasteiger partial charge in [0.2, 0.25) is 5.91 Å². The van der Waals surface area contributed by atoms with E-state index in [-0.39, 0.29) is 5.91 Å². The lowest BCUT2D eigenvalue weighted by molar-refractivity contribution is -0.122. The molecule has 0 fully saturated rings. The molecule has 0 bridgehead atoms. The van der Waals surface area contributed by atoms with Crippen LogP contribution >= 0.6 is 11.3 Å². The van der Waals surface area contributed by atoms with Gasteiger partial charge in [0, 0.05) is 24.5 Å². The topological polar surface area (TPSA) is 32.3 Å². The molecule has 1 N–H and O–H groups in total. The highest BCUT2D eigenvalue weighted by atomic mass is 32.1. The molecule has 1 aromatic heterocycles. The predicted octanol–water partition coefficient (Wildman–Crippen LogP) is 2.26. The third-order valence-corrected chi connectivity index (χ3v) is 3.15. The molecule has 1 rings (SSSR count). The van der Waals surface area contributed by atoms with Gasteiger partial charge in [0.1, 0.15) is 0 Å². The van der Waals surface area contributed by atoms with Gasteiger partial charge in [-0.3, -0.25) is 9.69 Å². The fraction of sp³-hybridized carbons (Fsp3) is 0.462. The van der Waals surface area contributed by atoms with Crippen molar-refractivity contribution in [2.24, 2.45) is 0 Å². The molecule has 3 nitrogen and oxygen atoms in total. The maximum Gasteiger partial charge on any atom is 0.234 e. The molecule has 0 saturated heterocycles. The molecule has 1 heterocycles. The van der Waals surface area contributed by atoms with Crippen LogP contribution in [0.2, 0.25) is 0 Å². The lowest BCUT2D eigenvalue weighted by atomic mass is 10.3. The second-order valence-corrected chi connectivity index (χ2v) is 4.92. The first-order chi connectivity index (χ1) is 8.26. The van der Waals surface area contributed by atoms with E-state index < -0.39 is 0 Å². The van der Waals surface area contributed by atoms with Crippen LogP contribution in [-0.2, 0) is 11.3 Å². The van der Waals surface area contributed by atoms with E-state index >= 15 is 0 Å². The molecule has 0 saturated carbocycles. The Bertz CT molecular complexity index is 335. The second kappa shape index (κ2) is 8.03. The Morgan fingerprint density at radius 2 is 2.47 bits per heavy atom. The Morgan fingerprint density at radius 3 is 3.06 bits per heavy atom. The quantitative estimate of drug-likeness (QED) is 0.720. The summed E-state index contributed by atoms with van der Waals surface area (Å²) in [5, 5.41) is 4.94. The smallest absolute Gasteiger partial charge is 0.234 e. The van der Waals surface area contributed by atoms with Gasteiger partial charge in [0.15, 0.2) is 0 Å². The second-order valence-electron chi connectivity index (χ2n) is 3.89. The SMILES string of the molecule is C=CCN(CC(=O)NCCC)Cc1cccs1. The van der Waals surface area contributed by atoms with Crippen LogP contribution in [0, 0.1) is 0 Å². The van der Waals surface area contributed by atoms with Gasteiger partial charge < -0.3 is 5.32 Å². The molecular weight excluding hydrogens is 232 g/mol. The first-order valence-corrected chi connectivity index (χ1v) is 6.76. The van der Waals surface area contributed by atoms with Crippen molar-refractivity contribution in [1.82, 2.24) is 10.2 Å². The van der Waals surface area contributed by atoms with E-state index in [0.29, 0.717) is 6.54 Å². The van der Waals surface area contributed by atoms with E-state index in [2.05, 4.69) is 28.2 Å². The summed E-state index contributed by atoms with van der Waals surface area (Å²) in [4.78, 5) is 15.0. The van der Waals surface area contributed by atoms with E-state index in [1.807, 2.05) is 19.1 Å². The molecule has 17 heavy (non-hydrogen) atoms. The number of thiophene rings is 1. The van der Waals surface area contributed by atoms with Gasteiger partial charge in [-0.25, -0.2) is 0 Å². The zero-order chi connectivity index (χ0) is 12.5. The molecule has 0 aliphatic rings. The van der Waals surface area contributed by atoms with E-state index in [1.165, 1.54) is 4.88 Å². The van der Waals surface area contributed by atoms with Crippen molar-refractivity contribution in [2.45, 2.75) is 19.9 Å². The van der Waals surface area contributed by atoms with Gasteiger partial charge in [-0.1, -0.05) is 19.1 Å². The summed E-state index contributed by atoms with van der Waals surface area (Å²) in [7, 11) is 0. The molecule has 0 radical (unpaired) electrons. The van der Waals surface area contributed by atoms with Crippen LogP contribution in [0.1, 0.15) is 18.2 Å². The number of nitrogens with zero attached hydrogens (tertiary/aromatic N) is 1. The summed E-state index contributed by atoms with van der Waals surface area (Å²) < 4.78 is 0. The van der Waals surface area contributed by atoms with Crippen molar-refractivity contribution < 1.29 is 4.79 Å². The van der Waals surface area contributed by atoms with Crippen molar-refractivity contribution in [1.29, 1.82) is 0 Å². The van der Waals surface area contributed by atoms with Gasteiger partial charge >= 0.3 is 0 Å². The molecule has 94 valence electrons. The fourth-order valence-electron chi connectivity index (χ4n) is 1.51. The van der Waals surface area contributed by atoms with Crippen LogP contribution in [0.3, 0.4) is 0 Å². The third kappa shape index (κ3) is 5.65. The zero-order valence-corrected chi connectivity index (χ0v) is 11.1. The molecule has 0 atom stereocenters. The Morgan fingerprint density at radius 1 is 1.65 bits per heavy atom. The Kier molecular flexibility index (Phi) is 6.58. The van der Waals surface area contributed by atoms with Crippen LogP contribution < -0.4 is 5.32 Å². The first kappa shape index (κ1) is 13.9. The average molecular weight is 252 g/mol. The van der Waals surface area contributed by atoms with Gasteiger partial charge in [0.25, 0.3) is 0 Å². The van der Waals surface area contributed by atoms with Crippen molar-refractivity contribution in [3.8, 4) is 0 Å². The van der Waals surface area contributed by atoms with Gasteiger partial charge in [-0.2, -0.15) is 0 Å². The van der Waals surface area contributed by atoms with Gasteiger partial charge in [-0.15, -0.1) is 17.9 Å². The maximum absolute atomic E-state index is 11.6. The molecule has 0 spiro atoms. The highest BCUT2D eigenvalue weighted by molar-refractivity contribution is 7.09. The number of hydrogen-bond donors (Lipinski definition) is 1. The van der Waals surface area contributed by atoms with Crippen molar-refractivity contribution >= 4 is 17.2 Å². The summed E-state index contributed by atoms with van der Waals surface area (Å²) in [6.45, 7) is 8.50.